The van der Waals surface area contributed by atoms with Gasteiger partial charge in [0, 0.05) is 33.8 Å². The number of fused-ring (bicyclic) bond motifs is 3. The summed E-state index contributed by atoms with van der Waals surface area (Å²) in [5.41, 5.74) is 9.86. The smallest absolute Gasteiger partial charge is 0.162 e. The molecule has 2 aromatic heterocycles. The van der Waals surface area contributed by atoms with Crippen LogP contribution in [0.25, 0.3) is 33.1 Å². The van der Waals surface area contributed by atoms with Crippen molar-refractivity contribution < 1.29 is 14.3 Å². The number of hydrogen-bond acceptors (Lipinski definition) is 6. The molecular weight excluding hydrogens is 380 g/mol. The lowest BCUT2D eigenvalue weighted by Crippen LogP contribution is -2.07. The summed E-state index contributed by atoms with van der Waals surface area (Å²) in [5, 5.41) is 6.28. The first kappa shape index (κ1) is 19.4. The zero-order valence-corrected chi connectivity index (χ0v) is 17.3. The highest BCUT2D eigenvalue weighted by Crippen LogP contribution is 2.36. The molecule has 0 saturated carbocycles. The van der Waals surface area contributed by atoms with E-state index in [1.807, 2.05) is 41.1 Å². The zero-order valence-electron chi connectivity index (χ0n) is 17.3. The molecule has 2 N–H and O–H groups in total. The van der Waals surface area contributed by atoms with E-state index in [9.17, 15) is 4.79 Å². The van der Waals surface area contributed by atoms with Crippen molar-refractivity contribution in [3.05, 3.63) is 60.1 Å². The summed E-state index contributed by atoms with van der Waals surface area (Å²) in [6.45, 7) is 3.19. The third kappa shape index (κ3) is 3.04. The molecule has 4 rings (SSSR count). The SMILES string of the molecule is COc1cc2c(cc1C(C(C)=O)=C(C)N)ncc1cnn(-c3ccccc3OC)c12. The zero-order chi connectivity index (χ0) is 21.4. The van der Waals surface area contributed by atoms with Gasteiger partial charge in [0.1, 0.15) is 17.2 Å². The molecule has 7 nitrogen and oxygen atoms in total. The van der Waals surface area contributed by atoms with Gasteiger partial charge in [-0.25, -0.2) is 4.68 Å². The van der Waals surface area contributed by atoms with Crippen LogP contribution in [0, 0.1) is 0 Å². The van der Waals surface area contributed by atoms with Gasteiger partial charge in [-0.15, -0.1) is 0 Å². The normalized spacial score (nSPS) is 12.1. The predicted octanol–water partition coefficient (Wildman–Crippen LogP) is 3.87. The minimum Gasteiger partial charge on any atom is -0.496 e. The molecule has 30 heavy (non-hydrogen) atoms. The molecule has 0 aliphatic heterocycles. The van der Waals surface area contributed by atoms with Gasteiger partial charge in [-0.3, -0.25) is 9.78 Å². The molecular formula is C23H22N4O3. The number of pyridine rings is 1. The molecule has 0 unspecified atom stereocenters. The highest BCUT2D eigenvalue weighted by molar-refractivity contribution is 6.22. The van der Waals surface area contributed by atoms with Crippen LogP contribution in [0.2, 0.25) is 0 Å². The maximum absolute atomic E-state index is 12.2. The van der Waals surface area contributed by atoms with Gasteiger partial charge in [0.05, 0.1) is 31.4 Å². The molecule has 0 bridgehead atoms. The molecule has 2 aromatic carbocycles. The van der Waals surface area contributed by atoms with Crippen LogP contribution in [0.1, 0.15) is 19.4 Å². The van der Waals surface area contributed by atoms with E-state index in [-0.39, 0.29) is 5.78 Å². The van der Waals surface area contributed by atoms with Crippen molar-refractivity contribution in [3.63, 3.8) is 0 Å². The third-order valence-corrected chi connectivity index (χ3v) is 5.04. The second-order valence-electron chi connectivity index (χ2n) is 6.97. The first-order chi connectivity index (χ1) is 14.5. The lowest BCUT2D eigenvalue weighted by molar-refractivity contribution is -0.111. The van der Waals surface area contributed by atoms with Gasteiger partial charge >= 0.3 is 0 Å². The Labute approximate surface area is 173 Å². The number of carbonyl (C=O) groups excluding carboxylic acids is 1. The van der Waals surface area contributed by atoms with E-state index in [1.165, 1.54) is 6.92 Å². The van der Waals surface area contributed by atoms with Crippen LogP contribution in [-0.4, -0.2) is 34.8 Å². The maximum atomic E-state index is 12.2. The number of allylic oxidation sites excluding steroid dienone is 2. The molecule has 0 atom stereocenters. The number of Topliss-reactive ketones (excluding diaryl/α,β-unsaturated/α-hetero) is 1. The van der Waals surface area contributed by atoms with Gasteiger partial charge in [-0.05, 0) is 38.1 Å². The Morgan fingerprint density at radius 2 is 1.77 bits per heavy atom. The number of nitrogens with zero attached hydrogens (tertiary/aromatic N) is 3. The van der Waals surface area contributed by atoms with Crippen LogP contribution in [-0.2, 0) is 4.79 Å². The van der Waals surface area contributed by atoms with E-state index in [4.69, 9.17) is 15.2 Å². The number of carbonyl (C=O) groups is 1. The monoisotopic (exact) mass is 402 g/mol. The minimum atomic E-state index is -0.132. The number of ketones is 1. The molecule has 4 aromatic rings. The Hall–Kier alpha value is -3.87. The molecule has 0 saturated heterocycles. The third-order valence-electron chi connectivity index (χ3n) is 5.04. The van der Waals surface area contributed by atoms with Crippen molar-refractivity contribution in [1.82, 2.24) is 14.8 Å². The fourth-order valence-corrected chi connectivity index (χ4v) is 3.76. The molecule has 0 fully saturated rings. The molecule has 152 valence electrons. The van der Waals surface area contributed by atoms with E-state index in [0.29, 0.717) is 33.8 Å². The van der Waals surface area contributed by atoms with Crippen molar-refractivity contribution in [1.29, 1.82) is 0 Å². The van der Waals surface area contributed by atoms with Crippen molar-refractivity contribution in [3.8, 4) is 17.2 Å². The fraction of sp³-hybridized carbons (Fsp3) is 0.174. The first-order valence-electron chi connectivity index (χ1n) is 9.41. The predicted molar refractivity (Wildman–Crippen MR) is 117 cm³/mol. The van der Waals surface area contributed by atoms with E-state index >= 15 is 0 Å². The molecule has 0 radical (unpaired) electrons. The van der Waals surface area contributed by atoms with E-state index in [2.05, 4.69) is 10.1 Å². The van der Waals surface area contributed by atoms with Crippen LogP contribution in [0.4, 0.5) is 0 Å². The topological polar surface area (TPSA) is 92.3 Å². The Balaban J connectivity index is 2.07. The fourth-order valence-electron chi connectivity index (χ4n) is 3.76. The lowest BCUT2D eigenvalue weighted by Gasteiger charge is -2.14. The number of benzene rings is 2. The van der Waals surface area contributed by atoms with Crippen molar-refractivity contribution >= 4 is 33.2 Å². The highest BCUT2D eigenvalue weighted by atomic mass is 16.5. The number of aromatic nitrogens is 3. The second-order valence-corrected chi connectivity index (χ2v) is 6.97. The van der Waals surface area contributed by atoms with Crippen molar-refractivity contribution in [2.45, 2.75) is 13.8 Å². The number of rotatable bonds is 5. The average Bonchev–Trinajstić information content (AvgIpc) is 3.17. The number of ether oxygens (including phenoxy) is 2. The summed E-state index contributed by atoms with van der Waals surface area (Å²) in [7, 11) is 3.20. The Morgan fingerprint density at radius 3 is 2.43 bits per heavy atom. The highest BCUT2D eigenvalue weighted by Gasteiger charge is 2.19. The van der Waals surface area contributed by atoms with Crippen molar-refractivity contribution in [2.75, 3.05) is 14.2 Å². The van der Waals surface area contributed by atoms with E-state index in [0.717, 1.165) is 22.0 Å². The Kier molecular flexibility index (Phi) is 4.87. The average molecular weight is 402 g/mol. The number of hydrogen-bond donors (Lipinski definition) is 1. The van der Waals surface area contributed by atoms with Crippen LogP contribution >= 0.6 is 0 Å². The van der Waals surface area contributed by atoms with Gasteiger partial charge in [0.25, 0.3) is 0 Å². The van der Waals surface area contributed by atoms with Crippen molar-refractivity contribution in [2.24, 2.45) is 5.73 Å². The summed E-state index contributed by atoms with van der Waals surface area (Å²) < 4.78 is 13.0. The number of methoxy groups -OCH3 is 2. The van der Waals surface area contributed by atoms with Crippen LogP contribution in [0.3, 0.4) is 0 Å². The van der Waals surface area contributed by atoms with Gasteiger partial charge < -0.3 is 15.2 Å². The molecule has 0 amide bonds. The largest absolute Gasteiger partial charge is 0.496 e. The molecule has 7 heteroatoms. The van der Waals surface area contributed by atoms with Gasteiger partial charge in [-0.1, -0.05) is 12.1 Å². The van der Waals surface area contributed by atoms with Crippen LogP contribution in [0.5, 0.6) is 11.5 Å². The summed E-state index contributed by atoms with van der Waals surface area (Å²) in [6, 6.07) is 11.4. The van der Waals surface area contributed by atoms with Crippen LogP contribution < -0.4 is 15.2 Å². The number of nitrogens with two attached hydrogens (primary N) is 1. The summed E-state index contributed by atoms with van der Waals surface area (Å²) in [4.78, 5) is 16.8. The van der Waals surface area contributed by atoms with Crippen LogP contribution in [0.15, 0.2) is 54.5 Å². The Bertz CT molecular complexity index is 1320. The maximum Gasteiger partial charge on any atom is 0.162 e. The standard InChI is InChI=1S/C23H22N4O3/c1-13(24)22(14(2)28)17-9-18-16(10-21(17)30-4)23-15(11-25-18)12-26-27(23)19-7-5-6-8-20(19)29-3/h5-12H,24H2,1-4H3. The van der Waals surface area contributed by atoms with Gasteiger partial charge in [-0.2, -0.15) is 5.10 Å². The quantitative estimate of drug-likeness (QED) is 0.510. The van der Waals surface area contributed by atoms with E-state index < -0.39 is 0 Å². The molecule has 0 spiro atoms. The summed E-state index contributed by atoms with van der Waals surface area (Å²) >= 11 is 0. The van der Waals surface area contributed by atoms with Gasteiger partial charge in [0.15, 0.2) is 5.78 Å². The number of para-hydroxylation sites is 2. The molecule has 0 aliphatic rings. The van der Waals surface area contributed by atoms with E-state index in [1.54, 1.807) is 33.5 Å². The lowest BCUT2D eigenvalue weighted by atomic mass is 9.97. The second kappa shape index (κ2) is 7.51. The first-order valence-corrected chi connectivity index (χ1v) is 9.41. The molecule has 0 aliphatic carbocycles. The minimum absolute atomic E-state index is 0.132. The van der Waals surface area contributed by atoms with Gasteiger partial charge in [0.2, 0.25) is 0 Å². The Morgan fingerprint density at radius 1 is 1.03 bits per heavy atom. The summed E-state index contributed by atoms with van der Waals surface area (Å²) in [6.07, 6.45) is 3.53. The molecule has 2 heterocycles. The summed E-state index contributed by atoms with van der Waals surface area (Å²) in [5.74, 6) is 1.11.